The molecule has 1 atom stereocenters. The predicted molar refractivity (Wildman–Crippen MR) is 85.0 cm³/mol. The van der Waals surface area contributed by atoms with Crippen LogP contribution < -0.4 is 10.1 Å². The molecule has 3 N–H and O–H groups in total. The largest absolute Gasteiger partial charge is 0.497 e. The van der Waals surface area contributed by atoms with E-state index in [4.69, 9.17) is 4.74 Å². The molecule has 2 aromatic rings. The van der Waals surface area contributed by atoms with Crippen molar-refractivity contribution < 1.29 is 9.84 Å². The third-order valence-corrected chi connectivity index (χ3v) is 4.55. The van der Waals surface area contributed by atoms with Gasteiger partial charge in [0.1, 0.15) is 5.75 Å². The van der Waals surface area contributed by atoms with Crippen molar-refractivity contribution in [3.63, 3.8) is 0 Å². The molecule has 0 spiro atoms. The lowest BCUT2D eigenvalue weighted by atomic mass is 10.2. The summed E-state index contributed by atoms with van der Waals surface area (Å²) in [5, 5.41) is 13.7. The maximum atomic E-state index is 9.36. The van der Waals surface area contributed by atoms with Crippen molar-refractivity contribution in [1.29, 1.82) is 0 Å². The third kappa shape index (κ3) is 3.90. The monoisotopic (exact) mass is 307 g/mol. The SMILES string of the molecule is COc1ccc2nc(SCCC(CO)NC3CC3)[nH]c2c1. The highest BCUT2D eigenvalue weighted by molar-refractivity contribution is 7.99. The van der Waals surface area contributed by atoms with Gasteiger partial charge in [-0.1, -0.05) is 11.8 Å². The fourth-order valence-electron chi connectivity index (χ4n) is 2.27. The van der Waals surface area contributed by atoms with Gasteiger partial charge in [0.25, 0.3) is 0 Å². The van der Waals surface area contributed by atoms with Gasteiger partial charge in [-0.15, -0.1) is 0 Å². The number of ether oxygens (including phenoxy) is 1. The zero-order valence-electron chi connectivity index (χ0n) is 12.1. The number of aliphatic hydroxyl groups excluding tert-OH is 1. The standard InChI is InChI=1S/C15H21N3O2S/c1-20-12-4-5-13-14(8-12)18-15(17-13)21-7-6-11(9-19)16-10-2-3-10/h4-5,8,10-11,16,19H,2-3,6-7,9H2,1H3,(H,17,18). The average molecular weight is 307 g/mol. The maximum absolute atomic E-state index is 9.36. The van der Waals surface area contributed by atoms with Crippen molar-refractivity contribution in [2.75, 3.05) is 19.5 Å². The number of fused-ring (bicyclic) bond motifs is 1. The van der Waals surface area contributed by atoms with Crippen molar-refractivity contribution in [2.45, 2.75) is 36.5 Å². The highest BCUT2D eigenvalue weighted by Gasteiger charge is 2.23. The molecule has 1 aromatic carbocycles. The predicted octanol–water partition coefficient (Wildman–Crippen LogP) is 2.17. The number of methoxy groups -OCH3 is 1. The van der Waals surface area contributed by atoms with Gasteiger partial charge in [0.15, 0.2) is 5.16 Å². The van der Waals surface area contributed by atoms with E-state index in [1.54, 1.807) is 18.9 Å². The molecular formula is C15H21N3O2S. The molecule has 21 heavy (non-hydrogen) atoms. The highest BCUT2D eigenvalue weighted by Crippen LogP contribution is 2.24. The Hall–Kier alpha value is -1.24. The van der Waals surface area contributed by atoms with Crippen LogP contribution in [0.25, 0.3) is 11.0 Å². The van der Waals surface area contributed by atoms with Crippen molar-refractivity contribution in [2.24, 2.45) is 0 Å². The summed E-state index contributed by atoms with van der Waals surface area (Å²) >= 11 is 1.69. The first-order valence-electron chi connectivity index (χ1n) is 7.32. The van der Waals surface area contributed by atoms with Crippen LogP contribution in [0.3, 0.4) is 0 Å². The molecule has 0 amide bonds. The molecular weight excluding hydrogens is 286 g/mol. The van der Waals surface area contributed by atoms with Gasteiger partial charge in [-0.3, -0.25) is 0 Å². The molecule has 1 unspecified atom stereocenters. The Kier molecular flexibility index (Phi) is 4.67. The van der Waals surface area contributed by atoms with Crippen molar-refractivity contribution >= 4 is 22.8 Å². The van der Waals surface area contributed by atoms with Crippen LogP contribution in [0.15, 0.2) is 23.4 Å². The number of thioether (sulfide) groups is 1. The van der Waals surface area contributed by atoms with Crippen LogP contribution >= 0.6 is 11.8 Å². The van der Waals surface area contributed by atoms with E-state index < -0.39 is 0 Å². The number of nitrogens with zero attached hydrogens (tertiary/aromatic N) is 1. The minimum atomic E-state index is 0.203. The summed E-state index contributed by atoms with van der Waals surface area (Å²) in [5.74, 6) is 1.76. The van der Waals surface area contributed by atoms with Gasteiger partial charge >= 0.3 is 0 Å². The molecule has 0 radical (unpaired) electrons. The zero-order chi connectivity index (χ0) is 14.7. The number of hydrogen-bond donors (Lipinski definition) is 3. The van der Waals surface area contributed by atoms with Gasteiger partial charge in [0, 0.05) is 23.9 Å². The smallest absolute Gasteiger partial charge is 0.166 e. The molecule has 0 bridgehead atoms. The number of hydrogen-bond acceptors (Lipinski definition) is 5. The first-order chi connectivity index (χ1) is 10.3. The lowest BCUT2D eigenvalue weighted by Gasteiger charge is -2.14. The van der Waals surface area contributed by atoms with Crippen LogP contribution in [0.5, 0.6) is 5.75 Å². The van der Waals surface area contributed by atoms with E-state index in [1.165, 1.54) is 12.8 Å². The van der Waals surface area contributed by atoms with Crippen LogP contribution in [0.2, 0.25) is 0 Å². The topological polar surface area (TPSA) is 70.2 Å². The lowest BCUT2D eigenvalue weighted by molar-refractivity contribution is 0.238. The molecule has 114 valence electrons. The zero-order valence-corrected chi connectivity index (χ0v) is 12.9. The number of imidazole rings is 1. The Morgan fingerprint density at radius 3 is 3.10 bits per heavy atom. The molecule has 1 saturated carbocycles. The summed E-state index contributed by atoms with van der Waals surface area (Å²) in [5.41, 5.74) is 1.94. The summed E-state index contributed by atoms with van der Waals surface area (Å²) in [6.07, 6.45) is 3.43. The molecule has 3 rings (SSSR count). The number of H-pyrrole nitrogens is 1. The fraction of sp³-hybridized carbons (Fsp3) is 0.533. The number of aromatic amines is 1. The second-order valence-electron chi connectivity index (χ2n) is 5.38. The number of rotatable bonds is 8. The summed E-state index contributed by atoms with van der Waals surface area (Å²) in [7, 11) is 1.66. The summed E-state index contributed by atoms with van der Waals surface area (Å²) < 4.78 is 5.21. The molecule has 6 heteroatoms. The Balaban J connectivity index is 1.54. The van der Waals surface area contributed by atoms with Crippen LogP contribution in [0.1, 0.15) is 19.3 Å². The molecule has 1 aliphatic rings. The lowest BCUT2D eigenvalue weighted by Crippen LogP contribution is -2.34. The first-order valence-corrected chi connectivity index (χ1v) is 8.30. The average Bonchev–Trinajstić information content (AvgIpc) is 3.23. The highest BCUT2D eigenvalue weighted by atomic mass is 32.2. The van der Waals surface area contributed by atoms with E-state index in [2.05, 4.69) is 15.3 Å². The Labute approximate surface area is 128 Å². The van der Waals surface area contributed by atoms with Crippen LogP contribution in [-0.4, -0.2) is 46.6 Å². The molecule has 0 saturated heterocycles. The van der Waals surface area contributed by atoms with E-state index in [-0.39, 0.29) is 12.6 Å². The van der Waals surface area contributed by atoms with Gasteiger partial charge in [0.05, 0.1) is 24.8 Å². The second-order valence-corrected chi connectivity index (χ2v) is 6.47. The van der Waals surface area contributed by atoms with Crippen molar-refractivity contribution in [1.82, 2.24) is 15.3 Å². The van der Waals surface area contributed by atoms with Gasteiger partial charge in [0.2, 0.25) is 0 Å². The summed E-state index contributed by atoms with van der Waals surface area (Å²) in [6, 6.07) is 6.66. The Bertz CT molecular complexity index is 598. The van der Waals surface area contributed by atoms with E-state index in [0.717, 1.165) is 34.1 Å². The van der Waals surface area contributed by atoms with Gasteiger partial charge < -0.3 is 20.1 Å². The maximum Gasteiger partial charge on any atom is 0.166 e. The third-order valence-electron chi connectivity index (χ3n) is 3.64. The molecule has 5 nitrogen and oxygen atoms in total. The second kappa shape index (κ2) is 6.68. The number of nitrogens with one attached hydrogen (secondary N) is 2. The fourth-order valence-corrected chi connectivity index (χ4v) is 3.21. The molecule has 1 aliphatic carbocycles. The normalized spacial score (nSPS) is 16.3. The summed E-state index contributed by atoms with van der Waals surface area (Å²) in [4.78, 5) is 7.86. The minimum absolute atomic E-state index is 0.203. The number of benzene rings is 1. The first kappa shape index (κ1) is 14.7. The molecule has 0 aliphatic heterocycles. The van der Waals surface area contributed by atoms with Crippen LogP contribution in [0, 0.1) is 0 Å². The number of aromatic nitrogens is 2. The van der Waals surface area contributed by atoms with Crippen molar-refractivity contribution in [3.05, 3.63) is 18.2 Å². The molecule has 1 heterocycles. The van der Waals surface area contributed by atoms with Gasteiger partial charge in [-0.05, 0) is 31.4 Å². The Morgan fingerprint density at radius 1 is 1.52 bits per heavy atom. The van der Waals surface area contributed by atoms with E-state index in [0.29, 0.717) is 6.04 Å². The Morgan fingerprint density at radius 2 is 2.38 bits per heavy atom. The van der Waals surface area contributed by atoms with Gasteiger partial charge in [-0.25, -0.2) is 4.98 Å². The number of aliphatic hydroxyl groups is 1. The van der Waals surface area contributed by atoms with E-state index in [9.17, 15) is 5.11 Å². The van der Waals surface area contributed by atoms with Gasteiger partial charge in [-0.2, -0.15) is 0 Å². The van der Waals surface area contributed by atoms with E-state index >= 15 is 0 Å². The van der Waals surface area contributed by atoms with Crippen LogP contribution in [-0.2, 0) is 0 Å². The minimum Gasteiger partial charge on any atom is -0.497 e. The summed E-state index contributed by atoms with van der Waals surface area (Å²) in [6.45, 7) is 0.203. The molecule has 1 aromatic heterocycles. The van der Waals surface area contributed by atoms with Crippen molar-refractivity contribution in [3.8, 4) is 5.75 Å². The van der Waals surface area contributed by atoms with E-state index in [1.807, 2.05) is 18.2 Å². The quantitative estimate of drug-likeness (QED) is 0.652. The molecule has 1 fully saturated rings. The van der Waals surface area contributed by atoms with Crippen LogP contribution in [0.4, 0.5) is 0 Å².